The van der Waals surface area contributed by atoms with Crippen molar-refractivity contribution in [3.05, 3.63) is 75.8 Å². The standard InChI is InChI=1S/C25H18ClN5O2/c1-2-12-30-18-7-4-3-6-16(18)25(24(30)33)17(13-27)23(28)31(21-11-10-15(26)14-29-21)19-8-5-9-20(32)22(19)25/h1,3-4,6-7,10-11,14H,5,8-9,12,28H2/t25-/m0/s1. The van der Waals surface area contributed by atoms with Crippen molar-refractivity contribution in [1.29, 1.82) is 5.26 Å². The van der Waals surface area contributed by atoms with Crippen LogP contribution in [0.15, 0.2) is 65.3 Å². The van der Waals surface area contributed by atoms with Gasteiger partial charge in [0.2, 0.25) is 5.91 Å². The predicted molar refractivity (Wildman–Crippen MR) is 124 cm³/mol. The van der Waals surface area contributed by atoms with Gasteiger partial charge in [0.05, 0.1) is 17.1 Å². The number of terminal acetylenes is 1. The van der Waals surface area contributed by atoms with Crippen molar-refractivity contribution in [3.8, 4) is 18.4 Å². The number of ketones is 1. The number of pyridine rings is 1. The third kappa shape index (κ3) is 2.67. The molecule has 0 fully saturated rings. The second-order valence-corrected chi connectivity index (χ2v) is 8.44. The molecule has 0 bridgehead atoms. The van der Waals surface area contributed by atoms with Crippen molar-refractivity contribution < 1.29 is 9.59 Å². The molecule has 3 aliphatic rings. The molecule has 33 heavy (non-hydrogen) atoms. The number of amides is 1. The summed E-state index contributed by atoms with van der Waals surface area (Å²) in [5, 5.41) is 10.8. The predicted octanol–water partition coefficient (Wildman–Crippen LogP) is 3.17. The maximum atomic E-state index is 14.1. The second kappa shape index (κ2) is 7.51. The smallest absolute Gasteiger partial charge is 0.248 e. The molecule has 2 aromatic rings. The number of fused-ring (bicyclic) bond motifs is 3. The van der Waals surface area contributed by atoms with Crippen LogP contribution in [0, 0.1) is 23.7 Å². The lowest BCUT2D eigenvalue weighted by Crippen LogP contribution is -2.52. The van der Waals surface area contributed by atoms with E-state index in [4.69, 9.17) is 23.8 Å². The number of carbonyl (C=O) groups excluding carboxylic acids is 2. The lowest BCUT2D eigenvalue weighted by Gasteiger charge is -2.43. The summed E-state index contributed by atoms with van der Waals surface area (Å²) in [6.45, 7) is 0.00939. The number of nitrogens with two attached hydrogens (primary N) is 1. The Balaban J connectivity index is 1.88. The fourth-order valence-electron chi connectivity index (χ4n) is 5.14. The number of hydrogen-bond donors (Lipinski definition) is 1. The molecule has 1 spiro atoms. The summed E-state index contributed by atoms with van der Waals surface area (Å²) in [6, 6.07) is 12.6. The van der Waals surface area contributed by atoms with Crippen LogP contribution < -0.4 is 15.5 Å². The minimum absolute atomic E-state index is 0.00905. The van der Waals surface area contributed by atoms with Gasteiger partial charge in [0.15, 0.2) is 5.78 Å². The number of aromatic nitrogens is 1. The molecule has 5 rings (SSSR count). The van der Waals surface area contributed by atoms with Crippen LogP contribution in [0.25, 0.3) is 0 Å². The zero-order valence-corrected chi connectivity index (χ0v) is 18.3. The molecule has 2 aliphatic heterocycles. The number of anilines is 2. The minimum atomic E-state index is -1.64. The lowest BCUT2D eigenvalue weighted by atomic mass is 9.64. The van der Waals surface area contributed by atoms with E-state index in [-0.39, 0.29) is 35.7 Å². The molecule has 0 saturated carbocycles. The Morgan fingerprint density at radius 2 is 2.00 bits per heavy atom. The topological polar surface area (TPSA) is 103 Å². The van der Waals surface area contributed by atoms with E-state index in [0.717, 1.165) is 0 Å². The summed E-state index contributed by atoms with van der Waals surface area (Å²) >= 11 is 6.01. The van der Waals surface area contributed by atoms with Gasteiger partial charge >= 0.3 is 0 Å². The Morgan fingerprint density at radius 3 is 2.70 bits per heavy atom. The molecule has 1 aliphatic carbocycles. The highest BCUT2D eigenvalue weighted by molar-refractivity contribution is 6.30. The van der Waals surface area contributed by atoms with Crippen molar-refractivity contribution in [2.24, 2.45) is 5.73 Å². The number of halogens is 1. The zero-order chi connectivity index (χ0) is 23.3. The van der Waals surface area contributed by atoms with Crippen LogP contribution in [0.3, 0.4) is 0 Å². The Hall–Kier alpha value is -4.07. The molecule has 7 nitrogen and oxygen atoms in total. The third-order valence-corrected chi connectivity index (χ3v) is 6.59. The van der Waals surface area contributed by atoms with Gasteiger partial charge in [0.25, 0.3) is 0 Å². The summed E-state index contributed by atoms with van der Waals surface area (Å²) < 4.78 is 0. The van der Waals surface area contributed by atoms with Crippen LogP contribution in [0.4, 0.5) is 11.5 Å². The van der Waals surface area contributed by atoms with E-state index in [1.54, 1.807) is 41.3 Å². The van der Waals surface area contributed by atoms with Gasteiger partial charge in [-0.15, -0.1) is 6.42 Å². The summed E-state index contributed by atoms with van der Waals surface area (Å²) in [7, 11) is 0. The number of rotatable bonds is 2. The average Bonchev–Trinajstić information content (AvgIpc) is 3.05. The Bertz CT molecular complexity index is 1360. The van der Waals surface area contributed by atoms with E-state index in [9.17, 15) is 14.9 Å². The molecule has 1 aromatic carbocycles. The van der Waals surface area contributed by atoms with Gasteiger partial charge in [0.1, 0.15) is 23.1 Å². The van der Waals surface area contributed by atoms with Crippen molar-refractivity contribution in [2.75, 3.05) is 16.3 Å². The molecule has 2 N–H and O–H groups in total. The SMILES string of the molecule is C#CCN1C(=O)[C@]2(C(C#N)=C(N)N(c3ccc(Cl)cn3)C3=C2C(=O)CCC3)c2ccccc21. The van der Waals surface area contributed by atoms with Crippen LogP contribution in [0.5, 0.6) is 0 Å². The highest BCUT2D eigenvalue weighted by atomic mass is 35.5. The quantitative estimate of drug-likeness (QED) is 0.697. The molecule has 8 heteroatoms. The first-order valence-electron chi connectivity index (χ1n) is 10.4. The number of benzene rings is 1. The maximum Gasteiger partial charge on any atom is 0.248 e. The summed E-state index contributed by atoms with van der Waals surface area (Å²) in [5.74, 6) is 2.36. The number of hydrogen-bond acceptors (Lipinski definition) is 6. The van der Waals surface area contributed by atoms with Crippen LogP contribution in [-0.4, -0.2) is 23.2 Å². The molecular weight excluding hydrogens is 438 g/mol. The van der Waals surface area contributed by atoms with E-state index in [2.05, 4.69) is 17.0 Å². The van der Waals surface area contributed by atoms with Gasteiger partial charge in [-0.25, -0.2) is 4.98 Å². The highest BCUT2D eigenvalue weighted by Gasteiger charge is 2.62. The van der Waals surface area contributed by atoms with Crippen molar-refractivity contribution in [1.82, 2.24) is 4.98 Å². The molecule has 1 aromatic heterocycles. The first kappa shape index (κ1) is 20.8. The van der Waals surface area contributed by atoms with Gasteiger partial charge in [-0.05, 0) is 31.0 Å². The maximum absolute atomic E-state index is 14.1. The minimum Gasteiger partial charge on any atom is -0.384 e. The molecule has 0 saturated heterocycles. The number of Topliss-reactive ketones (excluding diaryl/α,β-unsaturated/α-hetero) is 1. The number of nitriles is 1. The van der Waals surface area contributed by atoms with Gasteiger partial charge in [-0.3, -0.25) is 19.4 Å². The second-order valence-electron chi connectivity index (χ2n) is 8.00. The summed E-state index contributed by atoms with van der Waals surface area (Å²) in [4.78, 5) is 35.0. The highest BCUT2D eigenvalue weighted by Crippen LogP contribution is 2.56. The normalized spacial score (nSPS) is 21.8. The van der Waals surface area contributed by atoms with Crippen molar-refractivity contribution in [2.45, 2.75) is 24.7 Å². The summed E-state index contributed by atoms with van der Waals surface area (Å²) in [6.07, 6.45) is 8.39. The third-order valence-electron chi connectivity index (χ3n) is 6.37. The monoisotopic (exact) mass is 455 g/mol. The van der Waals surface area contributed by atoms with Crippen LogP contribution in [-0.2, 0) is 15.0 Å². The Kier molecular flexibility index (Phi) is 4.74. The van der Waals surface area contributed by atoms with Gasteiger partial charge in [0, 0.05) is 35.1 Å². The lowest BCUT2D eigenvalue weighted by molar-refractivity contribution is -0.124. The molecule has 0 radical (unpaired) electrons. The molecule has 162 valence electrons. The number of allylic oxidation sites excluding steroid dienone is 1. The fourth-order valence-corrected chi connectivity index (χ4v) is 5.25. The zero-order valence-electron chi connectivity index (χ0n) is 17.5. The molecule has 0 unspecified atom stereocenters. The van der Waals surface area contributed by atoms with Crippen LogP contribution >= 0.6 is 11.6 Å². The van der Waals surface area contributed by atoms with E-state index < -0.39 is 11.3 Å². The Morgan fingerprint density at radius 1 is 1.21 bits per heavy atom. The van der Waals surface area contributed by atoms with E-state index in [1.807, 2.05) is 0 Å². The van der Waals surface area contributed by atoms with Crippen molar-refractivity contribution in [3.63, 3.8) is 0 Å². The summed E-state index contributed by atoms with van der Waals surface area (Å²) in [5.41, 5.74) is 6.91. The number of carbonyl (C=O) groups is 2. The van der Waals surface area contributed by atoms with Crippen molar-refractivity contribution >= 4 is 34.8 Å². The van der Waals surface area contributed by atoms with Crippen LogP contribution in [0.1, 0.15) is 24.8 Å². The first-order chi connectivity index (χ1) is 16.0. The Labute approximate surface area is 195 Å². The van der Waals surface area contributed by atoms with E-state index >= 15 is 0 Å². The molecule has 3 heterocycles. The van der Waals surface area contributed by atoms with Crippen LogP contribution in [0.2, 0.25) is 5.02 Å². The fraction of sp³-hybridized carbons (Fsp3) is 0.200. The van der Waals surface area contributed by atoms with Gasteiger partial charge in [-0.1, -0.05) is 35.7 Å². The molecular formula is C25H18ClN5O2. The number of para-hydroxylation sites is 1. The van der Waals surface area contributed by atoms with E-state index in [0.29, 0.717) is 40.6 Å². The average molecular weight is 456 g/mol. The largest absolute Gasteiger partial charge is 0.384 e. The number of nitrogens with zero attached hydrogens (tertiary/aromatic N) is 4. The van der Waals surface area contributed by atoms with E-state index in [1.165, 1.54) is 11.1 Å². The molecule has 1 amide bonds. The first-order valence-corrected chi connectivity index (χ1v) is 10.8. The molecule has 1 atom stereocenters. The van der Waals surface area contributed by atoms with Gasteiger partial charge < -0.3 is 5.73 Å². The van der Waals surface area contributed by atoms with Gasteiger partial charge in [-0.2, -0.15) is 5.26 Å².